The summed E-state index contributed by atoms with van der Waals surface area (Å²) in [7, 11) is 0. The van der Waals surface area contributed by atoms with E-state index in [9.17, 15) is 0 Å². The molecule has 0 unspecified atom stereocenters. The number of aryl methyl sites for hydroxylation is 1. The molecule has 2 aliphatic heterocycles. The first-order valence-corrected chi connectivity index (χ1v) is 10.8. The molecule has 0 bridgehead atoms. The Hall–Kier alpha value is -3.34. The summed E-state index contributed by atoms with van der Waals surface area (Å²) >= 11 is 0. The van der Waals surface area contributed by atoms with Crippen LogP contribution < -0.4 is 15.8 Å². The summed E-state index contributed by atoms with van der Waals surface area (Å²) in [6.45, 7) is 7.49. The van der Waals surface area contributed by atoms with Crippen molar-refractivity contribution in [1.29, 1.82) is 0 Å². The van der Waals surface area contributed by atoms with E-state index < -0.39 is 5.41 Å². The third-order valence-corrected chi connectivity index (χ3v) is 6.19. The molecule has 0 aliphatic carbocycles. The van der Waals surface area contributed by atoms with E-state index in [1.807, 2.05) is 24.5 Å². The molecule has 158 valence electrons. The van der Waals surface area contributed by atoms with Crippen molar-refractivity contribution in [2.45, 2.75) is 39.0 Å². The molecular formula is C26H28N4O. The van der Waals surface area contributed by atoms with Gasteiger partial charge in [-0.1, -0.05) is 32.9 Å². The third kappa shape index (κ3) is 3.54. The number of rotatable bonds is 3. The molecule has 31 heavy (non-hydrogen) atoms. The molecule has 0 fully saturated rings. The highest BCUT2D eigenvalue weighted by Crippen LogP contribution is 2.50. The van der Waals surface area contributed by atoms with Crippen LogP contribution in [0.3, 0.4) is 0 Å². The van der Waals surface area contributed by atoms with Crippen LogP contribution in [0.15, 0.2) is 66.9 Å². The number of nitrogens with one attached hydrogen (secondary N) is 1. The maximum absolute atomic E-state index is 6.27. The van der Waals surface area contributed by atoms with E-state index >= 15 is 0 Å². The second kappa shape index (κ2) is 7.12. The fourth-order valence-electron chi connectivity index (χ4n) is 4.44. The van der Waals surface area contributed by atoms with Gasteiger partial charge in [0.2, 0.25) is 5.88 Å². The first-order chi connectivity index (χ1) is 14.8. The van der Waals surface area contributed by atoms with E-state index in [1.165, 1.54) is 5.56 Å². The maximum atomic E-state index is 6.27. The van der Waals surface area contributed by atoms with Gasteiger partial charge in [0.1, 0.15) is 5.75 Å². The van der Waals surface area contributed by atoms with Gasteiger partial charge in [0.05, 0.1) is 11.2 Å². The van der Waals surface area contributed by atoms with E-state index in [0.717, 1.165) is 40.8 Å². The minimum absolute atomic E-state index is 0.272. The van der Waals surface area contributed by atoms with Crippen LogP contribution >= 0.6 is 0 Å². The Kier molecular flexibility index (Phi) is 4.50. The maximum Gasteiger partial charge on any atom is 0.223 e. The van der Waals surface area contributed by atoms with Gasteiger partial charge in [-0.05, 0) is 59.7 Å². The standard InChI is InChI=1S/C26H28N4O/c1-25(2,3)9-8-17-11-21-24(29-14-17)31-22-7-6-18(19-5-4-10-28-15-19)12-20(22)26(21)13-23(27)30-16-26/h4-7,10-15,30H,8-9,16,27H2,1-3H3/t26-/m0/s1. The van der Waals surface area contributed by atoms with E-state index in [0.29, 0.717) is 18.2 Å². The largest absolute Gasteiger partial charge is 0.438 e. The second-order valence-corrected chi connectivity index (χ2v) is 9.74. The summed E-state index contributed by atoms with van der Waals surface area (Å²) in [6.07, 6.45) is 9.82. The van der Waals surface area contributed by atoms with Gasteiger partial charge in [0, 0.05) is 41.8 Å². The zero-order chi connectivity index (χ0) is 21.6. The van der Waals surface area contributed by atoms with Crippen molar-refractivity contribution in [3.63, 3.8) is 0 Å². The molecule has 3 N–H and O–H groups in total. The topological polar surface area (TPSA) is 73.1 Å². The van der Waals surface area contributed by atoms with Gasteiger partial charge in [-0.15, -0.1) is 0 Å². The lowest BCUT2D eigenvalue weighted by Crippen LogP contribution is -2.34. The van der Waals surface area contributed by atoms with Crippen LogP contribution in [0.5, 0.6) is 11.6 Å². The number of hydrogen-bond donors (Lipinski definition) is 2. The highest BCUT2D eigenvalue weighted by atomic mass is 16.5. The summed E-state index contributed by atoms with van der Waals surface area (Å²) in [6, 6.07) is 12.6. The molecule has 3 aromatic rings. The van der Waals surface area contributed by atoms with Gasteiger partial charge >= 0.3 is 0 Å². The van der Waals surface area contributed by atoms with Crippen LogP contribution in [-0.4, -0.2) is 16.5 Å². The van der Waals surface area contributed by atoms with Crippen molar-refractivity contribution >= 4 is 0 Å². The Morgan fingerprint density at radius 1 is 1.10 bits per heavy atom. The van der Waals surface area contributed by atoms with Gasteiger partial charge in [-0.3, -0.25) is 4.98 Å². The normalized spacial score (nSPS) is 19.3. The monoisotopic (exact) mass is 412 g/mol. The number of ether oxygens (including phenoxy) is 1. The Labute approximate surface area is 183 Å². The van der Waals surface area contributed by atoms with Gasteiger partial charge in [-0.2, -0.15) is 0 Å². The second-order valence-electron chi connectivity index (χ2n) is 9.74. The Balaban J connectivity index is 1.63. The molecule has 5 nitrogen and oxygen atoms in total. The van der Waals surface area contributed by atoms with Crippen LogP contribution in [-0.2, 0) is 11.8 Å². The Morgan fingerprint density at radius 3 is 2.68 bits per heavy atom. The van der Waals surface area contributed by atoms with Gasteiger partial charge in [0.15, 0.2) is 0 Å². The molecule has 0 amide bonds. The van der Waals surface area contributed by atoms with Gasteiger partial charge < -0.3 is 15.8 Å². The Morgan fingerprint density at radius 2 is 1.97 bits per heavy atom. The summed E-state index contributed by atoms with van der Waals surface area (Å²) in [4.78, 5) is 8.99. The lowest BCUT2D eigenvalue weighted by molar-refractivity contribution is 0.376. The molecule has 5 heteroatoms. The number of hydrogen-bond acceptors (Lipinski definition) is 5. The van der Waals surface area contributed by atoms with Crippen LogP contribution in [0.1, 0.15) is 43.9 Å². The lowest BCUT2D eigenvalue weighted by Gasteiger charge is -2.35. The van der Waals surface area contributed by atoms with Crippen molar-refractivity contribution in [2.24, 2.45) is 11.1 Å². The minimum Gasteiger partial charge on any atom is -0.438 e. The molecule has 5 rings (SSSR count). The lowest BCUT2D eigenvalue weighted by atomic mass is 9.73. The van der Waals surface area contributed by atoms with Crippen molar-refractivity contribution in [3.8, 4) is 22.8 Å². The van der Waals surface area contributed by atoms with Crippen LogP contribution in [0.4, 0.5) is 0 Å². The molecule has 2 aliphatic rings. The number of aromatic nitrogens is 2. The molecule has 1 atom stereocenters. The van der Waals surface area contributed by atoms with Crippen molar-refractivity contribution in [1.82, 2.24) is 15.3 Å². The molecule has 0 saturated carbocycles. The average Bonchev–Trinajstić information content (AvgIpc) is 3.15. The minimum atomic E-state index is -0.407. The quantitative estimate of drug-likeness (QED) is 0.639. The third-order valence-electron chi connectivity index (χ3n) is 6.19. The zero-order valence-electron chi connectivity index (χ0n) is 18.3. The number of fused-ring (bicyclic) bond motifs is 4. The predicted molar refractivity (Wildman–Crippen MR) is 123 cm³/mol. The first-order valence-electron chi connectivity index (χ1n) is 10.8. The SMILES string of the molecule is CC(C)(C)CCc1cnc2c(c1)[C@]1(C=C(N)NC1)c1cc(-c3cccnc3)ccc1O2. The van der Waals surface area contributed by atoms with Gasteiger partial charge in [0.25, 0.3) is 0 Å². The van der Waals surface area contributed by atoms with Crippen LogP contribution in [0.25, 0.3) is 11.1 Å². The smallest absolute Gasteiger partial charge is 0.223 e. The van der Waals surface area contributed by atoms with E-state index in [4.69, 9.17) is 15.5 Å². The Bertz CT molecular complexity index is 1160. The summed E-state index contributed by atoms with van der Waals surface area (Å²) in [5, 5.41) is 3.34. The molecule has 4 heterocycles. The summed E-state index contributed by atoms with van der Waals surface area (Å²) < 4.78 is 6.27. The van der Waals surface area contributed by atoms with Gasteiger partial charge in [-0.25, -0.2) is 4.98 Å². The molecule has 1 spiro atoms. The summed E-state index contributed by atoms with van der Waals surface area (Å²) in [5.41, 5.74) is 11.7. The zero-order valence-corrected chi connectivity index (χ0v) is 18.3. The number of benzene rings is 1. The number of nitrogens with zero attached hydrogens (tertiary/aromatic N) is 2. The van der Waals surface area contributed by atoms with E-state index in [-0.39, 0.29) is 5.41 Å². The first kappa shape index (κ1) is 19.6. The number of nitrogens with two attached hydrogens (primary N) is 1. The van der Waals surface area contributed by atoms with Crippen molar-refractivity contribution < 1.29 is 4.74 Å². The van der Waals surface area contributed by atoms with Crippen molar-refractivity contribution in [2.75, 3.05) is 6.54 Å². The molecular weight excluding hydrogens is 384 g/mol. The van der Waals surface area contributed by atoms with Crippen LogP contribution in [0.2, 0.25) is 0 Å². The summed E-state index contributed by atoms with van der Waals surface area (Å²) in [5.74, 6) is 2.17. The van der Waals surface area contributed by atoms with Crippen LogP contribution in [0, 0.1) is 5.41 Å². The van der Waals surface area contributed by atoms with E-state index in [1.54, 1.807) is 6.20 Å². The fourth-order valence-corrected chi connectivity index (χ4v) is 4.44. The molecule has 2 aromatic heterocycles. The molecule has 0 radical (unpaired) electrons. The predicted octanol–water partition coefficient (Wildman–Crippen LogP) is 4.92. The number of pyridine rings is 2. The highest BCUT2D eigenvalue weighted by Gasteiger charge is 2.44. The van der Waals surface area contributed by atoms with E-state index in [2.05, 4.69) is 61.4 Å². The highest BCUT2D eigenvalue weighted by molar-refractivity contribution is 5.70. The molecule has 1 aromatic carbocycles. The van der Waals surface area contributed by atoms with Crippen molar-refractivity contribution in [3.05, 3.63) is 83.6 Å². The average molecular weight is 413 g/mol. The molecule has 0 saturated heterocycles. The fraction of sp³-hybridized carbons (Fsp3) is 0.308.